The van der Waals surface area contributed by atoms with Crippen LogP contribution in [-0.4, -0.2) is 41.2 Å². The number of aryl methyl sites for hydroxylation is 2. The smallest absolute Gasteiger partial charge is 0.255 e. The number of benzene rings is 1. The van der Waals surface area contributed by atoms with Crippen molar-refractivity contribution in [2.75, 3.05) is 20.6 Å². The molecule has 132 valence electrons. The maximum atomic E-state index is 12.7. The van der Waals surface area contributed by atoms with Crippen molar-refractivity contribution in [3.63, 3.8) is 0 Å². The molecule has 0 bridgehead atoms. The van der Waals surface area contributed by atoms with Crippen LogP contribution in [0, 0.1) is 13.8 Å². The van der Waals surface area contributed by atoms with Crippen molar-refractivity contribution in [1.29, 1.82) is 0 Å². The number of carbonyl (C=O) groups is 1. The zero-order valence-electron chi connectivity index (χ0n) is 15.3. The number of likely N-dealkylation sites (N-methyl/N-ethyl adjacent to an activating group) is 1. The van der Waals surface area contributed by atoms with Crippen molar-refractivity contribution >= 4 is 27.3 Å². The lowest BCUT2D eigenvalue weighted by atomic mass is 10.0. The summed E-state index contributed by atoms with van der Waals surface area (Å²) in [6.07, 6.45) is 0. The second kappa shape index (κ2) is 6.98. The van der Waals surface area contributed by atoms with Crippen LogP contribution in [0.3, 0.4) is 0 Å². The number of carbonyl (C=O) groups excluding carboxylic acids is 1. The Hall–Kier alpha value is -2.18. The largest absolute Gasteiger partial charge is 0.350 e. The van der Waals surface area contributed by atoms with Gasteiger partial charge in [0.15, 0.2) is 0 Å². The first-order chi connectivity index (χ1) is 11.9. The van der Waals surface area contributed by atoms with Crippen molar-refractivity contribution in [3.8, 4) is 0 Å². The topological polar surface area (TPSA) is 50.2 Å². The van der Waals surface area contributed by atoms with Crippen LogP contribution in [0.4, 0.5) is 0 Å². The average molecular weight is 356 g/mol. The fraction of sp³-hybridized carbons (Fsp3) is 0.368. The van der Waals surface area contributed by atoms with E-state index in [1.54, 1.807) is 16.0 Å². The van der Waals surface area contributed by atoms with Gasteiger partial charge in [0.1, 0.15) is 0 Å². The molecule has 0 saturated carbocycles. The van der Waals surface area contributed by atoms with E-state index in [2.05, 4.69) is 45.0 Å². The van der Waals surface area contributed by atoms with Gasteiger partial charge in [-0.3, -0.25) is 9.48 Å². The van der Waals surface area contributed by atoms with Crippen molar-refractivity contribution in [2.45, 2.75) is 19.9 Å². The monoisotopic (exact) mass is 356 g/mol. The van der Waals surface area contributed by atoms with Gasteiger partial charge in [-0.2, -0.15) is 5.10 Å². The summed E-state index contributed by atoms with van der Waals surface area (Å²) in [6, 6.07) is 8.53. The maximum Gasteiger partial charge on any atom is 0.255 e. The molecule has 2 aromatic heterocycles. The number of amides is 1. The zero-order chi connectivity index (χ0) is 18.1. The molecule has 3 aromatic rings. The van der Waals surface area contributed by atoms with Gasteiger partial charge in [0.25, 0.3) is 5.91 Å². The van der Waals surface area contributed by atoms with E-state index in [1.165, 1.54) is 15.6 Å². The van der Waals surface area contributed by atoms with Crippen LogP contribution in [0.5, 0.6) is 0 Å². The van der Waals surface area contributed by atoms with Gasteiger partial charge in [0.05, 0.1) is 17.3 Å². The molecular formula is C19H24N4OS. The number of aromatic nitrogens is 2. The lowest BCUT2D eigenvalue weighted by Gasteiger charge is -2.24. The van der Waals surface area contributed by atoms with Crippen LogP contribution in [-0.2, 0) is 7.05 Å². The third kappa shape index (κ3) is 3.32. The minimum Gasteiger partial charge on any atom is -0.350 e. The SMILES string of the molecule is Cc1nn(C)c(C)c1C(=O)NCC(c1csc2ccccc12)N(C)C. The van der Waals surface area contributed by atoms with E-state index in [1.807, 2.05) is 35.0 Å². The Morgan fingerprint density at radius 2 is 2.04 bits per heavy atom. The molecular weight excluding hydrogens is 332 g/mol. The van der Waals surface area contributed by atoms with Gasteiger partial charge in [-0.05, 0) is 50.3 Å². The normalized spacial score (nSPS) is 12.7. The summed E-state index contributed by atoms with van der Waals surface area (Å²) < 4.78 is 3.02. The summed E-state index contributed by atoms with van der Waals surface area (Å²) in [7, 11) is 5.95. The number of hydrogen-bond acceptors (Lipinski definition) is 4. The lowest BCUT2D eigenvalue weighted by molar-refractivity contribution is 0.0941. The molecule has 6 heteroatoms. The number of hydrogen-bond donors (Lipinski definition) is 1. The van der Waals surface area contributed by atoms with E-state index < -0.39 is 0 Å². The summed E-state index contributed by atoms with van der Waals surface area (Å²) in [5.41, 5.74) is 3.58. The molecule has 0 aliphatic heterocycles. The van der Waals surface area contributed by atoms with Crippen molar-refractivity contribution < 1.29 is 4.79 Å². The second-order valence-electron chi connectivity index (χ2n) is 6.55. The molecule has 3 rings (SSSR count). The van der Waals surface area contributed by atoms with E-state index in [-0.39, 0.29) is 11.9 Å². The summed E-state index contributed by atoms with van der Waals surface area (Å²) in [4.78, 5) is 14.8. The van der Waals surface area contributed by atoms with Crippen LogP contribution in [0.25, 0.3) is 10.1 Å². The molecule has 2 heterocycles. The molecule has 0 fully saturated rings. The Labute approximate surface area is 152 Å². The highest BCUT2D eigenvalue weighted by Gasteiger charge is 2.22. The molecule has 1 atom stereocenters. The molecule has 5 nitrogen and oxygen atoms in total. The number of nitrogens with zero attached hydrogens (tertiary/aromatic N) is 3. The maximum absolute atomic E-state index is 12.7. The standard InChI is InChI=1S/C19H24N4OS/c1-12-18(13(2)23(5)21-12)19(24)20-10-16(22(3)4)15-11-25-17-9-7-6-8-14(15)17/h6-9,11,16H,10H2,1-5H3,(H,20,24). The molecule has 1 N–H and O–H groups in total. The van der Waals surface area contributed by atoms with Crippen LogP contribution >= 0.6 is 11.3 Å². The minimum atomic E-state index is -0.0607. The molecule has 0 aliphatic rings. The molecule has 1 aromatic carbocycles. The predicted octanol–water partition coefficient (Wildman–Crippen LogP) is 3.28. The Morgan fingerprint density at radius 3 is 2.68 bits per heavy atom. The molecule has 0 spiro atoms. The van der Waals surface area contributed by atoms with E-state index in [0.29, 0.717) is 12.1 Å². The third-order valence-corrected chi connectivity index (χ3v) is 5.67. The van der Waals surface area contributed by atoms with Gasteiger partial charge in [-0.25, -0.2) is 0 Å². The quantitative estimate of drug-likeness (QED) is 0.763. The van der Waals surface area contributed by atoms with Crippen molar-refractivity contribution in [2.24, 2.45) is 7.05 Å². The average Bonchev–Trinajstić information content (AvgIpc) is 3.09. The number of thiophene rings is 1. The van der Waals surface area contributed by atoms with Crippen LogP contribution in [0.1, 0.15) is 33.4 Å². The summed E-state index contributed by atoms with van der Waals surface area (Å²) >= 11 is 1.75. The zero-order valence-corrected chi connectivity index (χ0v) is 16.1. The number of nitrogens with one attached hydrogen (secondary N) is 1. The lowest BCUT2D eigenvalue weighted by Crippen LogP contribution is -2.34. The van der Waals surface area contributed by atoms with Crippen LogP contribution < -0.4 is 5.32 Å². The third-order valence-electron chi connectivity index (χ3n) is 4.69. The Kier molecular flexibility index (Phi) is 4.92. The molecule has 25 heavy (non-hydrogen) atoms. The highest BCUT2D eigenvalue weighted by Crippen LogP contribution is 2.32. The van der Waals surface area contributed by atoms with Gasteiger partial charge >= 0.3 is 0 Å². The molecule has 0 radical (unpaired) electrons. The van der Waals surface area contributed by atoms with Crippen LogP contribution in [0.2, 0.25) is 0 Å². The predicted molar refractivity (Wildman–Crippen MR) is 103 cm³/mol. The number of fused-ring (bicyclic) bond motifs is 1. The van der Waals surface area contributed by atoms with Crippen LogP contribution in [0.15, 0.2) is 29.6 Å². The summed E-state index contributed by atoms with van der Waals surface area (Å²) in [6.45, 7) is 4.35. The first kappa shape index (κ1) is 17.6. The first-order valence-corrected chi connectivity index (χ1v) is 9.19. The van der Waals surface area contributed by atoms with E-state index in [4.69, 9.17) is 0 Å². The van der Waals surface area contributed by atoms with Gasteiger partial charge < -0.3 is 10.2 Å². The van der Waals surface area contributed by atoms with Gasteiger partial charge in [-0.15, -0.1) is 11.3 Å². The minimum absolute atomic E-state index is 0.0607. The summed E-state index contributed by atoms with van der Waals surface area (Å²) in [5.74, 6) is -0.0607. The molecule has 0 aliphatic carbocycles. The fourth-order valence-corrected chi connectivity index (χ4v) is 4.22. The Morgan fingerprint density at radius 1 is 1.32 bits per heavy atom. The highest BCUT2D eigenvalue weighted by molar-refractivity contribution is 7.17. The van der Waals surface area contributed by atoms with E-state index in [9.17, 15) is 4.79 Å². The Balaban J connectivity index is 1.82. The Bertz CT molecular complexity index is 909. The van der Waals surface area contributed by atoms with Crippen molar-refractivity contribution in [3.05, 3.63) is 52.2 Å². The van der Waals surface area contributed by atoms with E-state index in [0.717, 1.165) is 11.4 Å². The van der Waals surface area contributed by atoms with Gasteiger partial charge in [-0.1, -0.05) is 18.2 Å². The van der Waals surface area contributed by atoms with Gasteiger partial charge in [0, 0.05) is 24.0 Å². The molecule has 1 unspecified atom stereocenters. The molecule has 1 amide bonds. The second-order valence-corrected chi connectivity index (χ2v) is 7.46. The number of rotatable bonds is 5. The van der Waals surface area contributed by atoms with E-state index >= 15 is 0 Å². The van der Waals surface area contributed by atoms with Crippen molar-refractivity contribution in [1.82, 2.24) is 20.0 Å². The van der Waals surface area contributed by atoms with Gasteiger partial charge in [0.2, 0.25) is 0 Å². The highest BCUT2D eigenvalue weighted by atomic mass is 32.1. The molecule has 0 saturated heterocycles. The first-order valence-electron chi connectivity index (χ1n) is 8.31. The summed E-state index contributed by atoms with van der Waals surface area (Å²) in [5, 5.41) is 10.9. The fourth-order valence-electron chi connectivity index (χ4n) is 3.21.